The number of ether oxygens (including phenoxy) is 1. The average molecular weight is 636 g/mol. The number of morpholine rings is 1. The fraction of sp³-hybridized carbons (Fsp3) is 0.552. The van der Waals surface area contributed by atoms with Crippen LogP contribution < -0.4 is 0 Å². The van der Waals surface area contributed by atoms with Gasteiger partial charge in [-0.15, -0.1) is 0 Å². The highest BCUT2D eigenvalue weighted by molar-refractivity contribution is 7.90. The third-order valence-electron chi connectivity index (χ3n) is 7.72. The van der Waals surface area contributed by atoms with Crippen molar-refractivity contribution in [2.24, 2.45) is 0 Å². The van der Waals surface area contributed by atoms with E-state index < -0.39 is 55.7 Å². The standard InChI is InChI=1S/C29H35F6N3O4S/c1-19-16-37(17-20(2)42-19)9-8-36-10-11-38(25(18-36)12-21-4-6-23(7-5-21)28(30,31)32)27(39)22-13-24(29(33,34)35)15-26(14-22)43(3,40)41/h4-7,13-15,19-20,25H,8-12,16-18H2,1-3H3/t19?,20?,25-/m1/s1. The fourth-order valence-corrected chi connectivity index (χ4v) is 6.36. The van der Waals surface area contributed by atoms with Crippen LogP contribution in [0.5, 0.6) is 0 Å². The van der Waals surface area contributed by atoms with Gasteiger partial charge < -0.3 is 9.64 Å². The molecular formula is C29H35F6N3O4S. The van der Waals surface area contributed by atoms with Crippen LogP contribution in [0, 0.1) is 0 Å². The second kappa shape index (κ2) is 12.7. The molecule has 2 unspecified atom stereocenters. The summed E-state index contributed by atoms with van der Waals surface area (Å²) in [6.07, 6.45) is -8.33. The van der Waals surface area contributed by atoms with Crippen molar-refractivity contribution in [3.05, 3.63) is 64.7 Å². The summed E-state index contributed by atoms with van der Waals surface area (Å²) in [4.78, 5) is 18.9. The van der Waals surface area contributed by atoms with Gasteiger partial charge in [-0.05, 0) is 56.2 Å². The van der Waals surface area contributed by atoms with Gasteiger partial charge in [0.25, 0.3) is 5.91 Å². The zero-order valence-corrected chi connectivity index (χ0v) is 24.9. The third kappa shape index (κ3) is 8.70. The molecule has 0 bridgehead atoms. The number of nitrogens with zero attached hydrogens (tertiary/aromatic N) is 3. The van der Waals surface area contributed by atoms with Crippen molar-refractivity contribution in [1.82, 2.24) is 14.7 Å². The van der Waals surface area contributed by atoms with Crippen LogP contribution in [0.1, 0.15) is 40.9 Å². The Morgan fingerprint density at radius 3 is 1.98 bits per heavy atom. The number of sulfone groups is 1. The lowest BCUT2D eigenvalue weighted by atomic mass is 9.99. The van der Waals surface area contributed by atoms with Crippen LogP contribution in [-0.4, -0.2) is 99.3 Å². The molecule has 2 heterocycles. The summed E-state index contributed by atoms with van der Waals surface area (Å²) < 4.78 is 110. The molecule has 4 rings (SSSR count). The van der Waals surface area contributed by atoms with Gasteiger partial charge in [-0.1, -0.05) is 12.1 Å². The van der Waals surface area contributed by atoms with Crippen LogP contribution in [0.25, 0.3) is 0 Å². The van der Waals surface area contributed by atoms with Crippen molar-refractivity contribution in [2.45, 2.75) is 55.8 Å². The van der Waals surface area contributed by atoms with E-state index in [1.54, 1.807) is 0 Å². The first-order chi connectivity index (χ1) is 19.9. The second-order valence-corrected chi connectivity index (χ2v) is 13.4. The first kappa shape index (κ1) is 33.2. The van der Waals surface area contributed by atoms with Crippen molar-refractivity contribution < 1.29 is 44.3 Å². The Kier molecular flexibility index (Phi) is 9.84. The van der Waals surface area contributed by atoms with Crippen molar-refractivity contribution in [1.29, 1.82) is 0 Å². The van der Waals surface area contributed by atoms with E-state index in [0.717, 1.165) is 44.1 Å². The van der Waals surface area contributed by atoms with E-state index in [4.69, 9.17) is 4.74 Å². The molecule has 0 spiro atoms. The predicted molar refractivity (Wildman–Crippen MR) is 147 cm³/mol. The Balaban J connectivity index is 1.59. The van der Waals surface area contributed by atoms with E-state index in [-0.39, 0.29) is 25.2 Å². The van der Waals surface area contributed by atoms with E-state index >= 15 is 0 Å². The number of rotatable bonds is 7. The fourth-order valence-electron chi connectivity index (χ4n) is 5.68. The number of halogens is 6. The van der Waals surface area contributed by atoms with E-state index in [1.165, 1.54) is 17.0 Å². The van der Waals surface area contributed by atoms with E-state index in [0.29, 0.717) is 37.3 Å². The van der Waals surface area contributed by atoms with E-state index in [1.807, 2.05) is 13.8 Å². The number of piperazine rings is 1. The number of amides is 1. The smallest absolute Gasteiger partial charge is 0.373 e. The van der Waals surface area contributed by atoms with Crippen LogP contribution >= 0.6 is 0 Å². The topological polar surface area (TPSA) is 70.2 Å². The van der Waals surface area contributed by atoms with E-state index in [9.17, 15) is 39.6 Å². The number of alkyl halides is 6. The SMILES string of the molecule is CC1CN(CCN2CCN(C(=O)c3cc(C(F)(F)F)cc(S(C)(=O)=O)c3)[C@H](Cc3ccc(C(F)(F)F)cc3)C2)CC(C)O1. The number of benzene rings is 2. The highest BCUT2D eigenvalue weighted by Gasteiger charge is 2.36. The summed E-state index contributed by atoms with van der Waals surface area (Å²) in [6.45, 7) is 7.78. The van der Waals surface area contributed by atoms with Gasteiger partial charge in [0.15, 0.2) is 9.84 Å². The maximum atomic E-state index is 13.7. The Morgan fingerprint density at radius 1 is 0.837 bits per heavy atom. The van der Waals surface area contributed by atoms with Crippen LogP contribution in [-0.2, 0) is 33.3 Å². The summed E-state index contributed by atoms with van der Waals surface area (Å²) in [5.74, 6) is -0.775. The lowest BCUT2D eigenvalue weighted by Crippen LogP contribution is -2.57. The van der Waals surface area contributed by atoms with Crippen molar-refractivity contribution >= 4 is 15.7 Å². The molecule has 2 aliphatic heterocycles. The molecule has 2 aromatic carbocycles. The zero-order valence-electron chi connectivity index (χ0n) is 24.1. The monoisotopic (exact) mass is 635 g/mol. The summed E-state index contributed by atoms with van der Waals surface area (Å²) in [5.41, 5.74) is -1.97. The van der Waals surface area contributed by atoms with Gasteiger partial charge in [-0.3, -0.25) is 14.6 Å². The molecule has 0 aliphatic carbocycles. The van der Waals surface area contributed by atoms with Gasteiger partial charge in [0.1, 0.15) is 0 Å². The lowest BCUT2D eigenvalue weighted by molar-refractivity contribution is -0.138. The minimum atomic E-state index is -4.89. The van der Waals surface area contributed by atoms with Crippen LogP contribution in [0.4, 0.5) is 26.3 Å². The Hall–Kier alpha value is -2.68. The van der Waals surface area contributed by atoms with Crippen LogP contribution in [0.2, 0.25) is 0 Å². The number of carbonyl (C=O) groups is 1. The highest BCUT2D eigenvalue weighted by atomic mass is 32.2. The maximum Gasteiger partial charge on any atom is 0.416 e. The molecule has 2 aliphatic rings. The van der Waals surface area contributed by atoms with Gasteiger partial charge in [0, 0.05) is 63.7 Å². The van der Waals surface area contributed by atoms with Crippen molar-refractivity contribution in [3.8, 4) is 0 Å². The molecule has 2 saturated heterocycles. The molecule has 0 N–H and O–H groups in total. The van der Waals surface area contributed by atoms with Gasteiger partial charge >= 0.3 is 12.4 Å². The zero-order chi connectivity index (χ0) is 31.7. The Bertz CT molecular complexity index is 1390. The third-order valence-corrected chi connectivity index (χ3v) is 8.81. The molecule has 43 heavy (non-hydrogen) atoms. The van der Waals surface area contributed by atoms with Gasteiger partial charge in [0.05, 0.1) is 28.2 Å². The number of hydrogen-bond donors (Lipinski definition) is 0. The molecule has 14 heteroatoms. The number of hydrogen-bond acceptors (Lipinski definition) is 6. The minimum Gasteiger partial charge on any atom is -0.373 e. The van der Waals surface area contributed by atoms with Crippen molar-refractivity contribution in [2.75, 3.05) is 52.1 Å². The Morgan fingerprint density at radius 2 is 1.42 bits per heavy atom. The molecule has 7 nitrogen and oxygen atoms in total. The Labute approximate surface area is 247 Å². The molecule has 3 atom stereocenters. The summed E-state index contributed by atoms with van der Waals surface area (Å²) in [6, 6.07) is 6.05. The van der Waals surface area contributed by atoms with Crippen LogP contribution in [0.15, 0.2) is 47.4 Å². The summed E-state index contributed by atoms with van der Waals surface area (Å²) >= 11 is 0. The normalized spacial score (nSPS) is 23.0. The lowest BCUT2D eigenvalue weighted by Gasteiger charge is -2.43. The second-order valence-electron chi connectivity index (χ2n) is 11.4. The first-order valence-electron chi connectivity index (χ1n) is 13.9. The largest absolute Gasteiger partial charge is 0.416 e. The molecule has 0 radical (unpaired) electrons. The van der Waals surface area contributed by atoms with Gasteiger partial charge in [-0.2, -0.15) is 26.3 Å². The maximum absolute atomic E-state index is 13.7. The molecule has 2 aromatic rings. The average Bonchev–Trinajstić information content (AvgIpc) is 2.90. The molecule has 0 saturated carbocycles. The van der Waals surface area contributed by atoms with Crippen LogP contribution in [0.3, 0.4) is 0 Å². The minimum absolute atomic E-state index is 0.0786. The van der Waals surface area contributed by atoms with Crippen molar-refractivity contribution in [3.63, 3.8) is 0 Å². The van der Waals surface area contributed by atoms with Gasteiger partial charge in [-0.25, -0.2) is 8.42 Å². The first-order valence-corrected chi connectivity index (χ1v) is 15.8. The van der Waals surface area contributed by atoms with E-state index in [2.05, 4.69) is 9.80 Å². The molecule has 1 amide bonds. The molecule has 0 aromatic heterocycles. The summed E-state index contributed by atoms with van der Waals surface area (Å²) in [7, 11) is -4.07. The number of carbonyl (C=O) groups excluding carboxylic acids is 1. The molecular weight excluding hydrogens is 600 g/mol. The molecule has 2 fully saturated rings. The molecule has 238 valence electrons. The highest BCUT2D eigenvalue weighted by Crippen LogP contribution is 2.33. The summed E-state index contributed by atoms with van der Waals surface area (Å²) in [5, 5.41) is 0. The van der Waals surface area contributed by atoms with Gasteiger partial charge in [0.2, 0.25) is 0 Å². The quantitative estimate of drug-likeness (QED) is 0.415. The predicted octanol–water partition coefficient (Wildman–Crippen LogP) is 4.61.